The molecule has 0 atom stereocenters. The molecule has 0 saturated heterocycles. The molecule has 92 valence electrons. The largest absolute Gasteiger partial charge is 0.478 e. The second-order valence-corrected chi connectivity index (χ2v) is 5.07. The first kappa shape index (κ1) is 12.3. The zero-order valence-corrected chi connectivity index (χ0v) is 10.9. The van der Waals surface area contributed by atoms with Gasteiger partial charge in [0.25, 0.3) is 0 Å². The number of hydrogen-bond donors (Lipinski definition) is 1. The fourth-order valence-electron chi connectivity index (χ4n) is 1.97. The molecule has 3 nitrogen and oxygen atoms in total. The molecule has 0 aromatic carbocycles. The first-order valence-electron chi connectivity index (χ1n) is 6.06. The molecule has 4 heteroatoms. The highest BCUT2D eigenvalue weighted by Gasteiger charge is 2.17. The Morgan fingerprint density at radius 1 is 1.53 bits per heavy atom. The quantitative estimate of drug-likeness (QED) is 0.816. The summed E-state index contributed by atoms with van der Waals surface area (Å²) >= 11 is 4.96. The van der Waals surface area contributed by atoms with Crippen molar-refractivity contribution in [3.63, 3.8) is 0 Å². The highest BCUT2D eigenvalue weighted by Crippen LogP contribution is 2.29. The van der Waals surface area contributed by atoms with Crippen LogP contribution in [-0.2, 0) is 0 Å². The highest BCUT2D eigenvalue weighted by molar-refractivity contribution is 7.80. The minimum Gasteiger partial charge on any atom is -0.478 e. The van der Waals surface area contributed by atoms with Gasteiger partial charge in [0.2, 0.25) is 5.88 Å². The molecule has 0 spiro atoms. The van der Waals surface area contributed by atoms with Gasteiger partial charge in [-0.2, -0.15) is 0 Å². The van der Waals surface area contributed by atoms with Crippen molar-refractivity contribution in [1.82, 2.24) is 4.98 Å². The Morgan fingerprint density at radius 3 is 2.88 bits per heavy atom. The fraction of sp³-hybridized carbons (Fsp3) is 0.538. The molecule has 1 aromatic rings. The van der Waals surface area contributed by atoms with Crippen LogP contribution in [0.4, 0.5) is 0 Å². The van der Waals surface area contributed by atoms with Gasteiger partial charge in [0.15, 0.2) is 0 Å². The van der Waals surface area contributed by atoms with Gasteiger partial charge >= 0.3 is 0 Å². The molecule has 0 unspecified atom stereocenters. The second kappa shape index (κ2) is 5.45. The van der Waals surface area contributed by atoms with E-state index in [-0.39, 0.29) is 0 Å². The van der Waals surface area contributed by atoms with E-state index in [0.29, 0.717) is 10.9 Å². The Morgan fingerprint density at radius 2 is 2.29 bits per heavy atom. The number of pyridine rings is 1. The van der Waals surface area contributed by atoms with E-state index in [9.17, 15) is 0 Å². The van der Waals surface area contributed by atoms with E-state index in [4.69, 9.17) is 22.7 Å². The van der Waals surface area contributed by atoms with E-state index in [1.807, 2.05) is 19.1 Å². The predicted octanol–water partition coefficient (Wildman–Crippen LogP) is 2.59. The average Bonchev–Trinajstić information content (AvgIpc) is 2.21. The molecule has 1 heterocycles. The Balaban J connectivity index is 1.92. The van der Waals surface area contributed by atoms with Crippen molar-refractivity contribution in [2.75, 3.05) is 6.61 Å². The Bertz CT molecular complexity index is 416. The SMILES string of the molecule is Cc1cc(C(N)=S)cc(OCCC2CCC2)n1. The molecule has 0 bridgehead atoms. The maximum absolute atomic E-state index is 5.66. The molecule has 0 radical (unpaired) electrons. The molecule has 0 aliphatic heterocycles. The smallest absolute Gasteiger partial charge is 0.214 e. The second-order valence-electron chi connectivity index (χ2n) is 4.63. The van der Waals surface area contributed by atoms with Crippen LogP contribution < -0.4 is 10.5 Å². The zero-order chi connectivity index (χ0) is 12.3. The van der Waals surface area contributed by atoms with Gasteiger partial charge in [-0.05, 0) is 25.3 Å². The number of ether oxygens (including phenoxy) is 1. The number of thiocarbonyl (C=S) groups is 1. The molecule has 1 fully saturated rings. The predicted molar refractivity (Wildman–Crippen MR) is 72.3 cm³/mol. The summed E-state index contributed by atoms with van der Waals surface area (Å²) in [7, 11) is 0. The molecule has 0 amide bonds. The maximum Gasteiger partial charge on any atom is 0.214 e. The molecule has 2 N–H and O–H groups in total. The third-order valence-electron chi connectivity index (χ3n) is 3.22. The minimum atomic E-state index is 0.388. The average molecular weight is 250 g/mol. The normalized spacial score (nSPS) is 15.4. The number of rotatable bonds is 5. The van der Waals surface area contributed by atoms with Crippen molar-refractivity contribution in [2.24, 2.45) is 11.7 Å². The van der Waals surface area contributed by atoms with E-state index in [2.05, 4.69) is 4.98 Å². The van der Waals surface area contributed by atoms with Gasteiger partial charge in [0.05, 0.1) is 6.61 Å². The summed E-state index contributed by atoms with van der Waals surface area (Å²) in [6.45, 7) is 2.65. The minimum absolute atomic E-state index is 0.388. The lowest BCUT2D eigenvalue weighted by Crippen LogP contribution is -2.15. The monoisotopic (exact) mass is 250 g/mol. The summed E-state index contributed by atoms with van der Waals surface area (Å²) in [5.41, 5.74) is 7.32. The third-order valence-corrected chi connectivity index (χ3v) is 3.45. The molecular formula is C13H18N2OS. The molecule has 17 heavy (non-hydrogen) atoms. The lowest BCUT2D eigenvalue weighted by atomic mass is 9.83. The highest BCUT2D eigenvalue weighted by atomic mass is 32.1. The summed E-state index contributed by atoms with van der Waals surface area (Å²) in [6.07, 6.45) is 5.20. The number of nitrogens with two attached hydrogens (primary N) is 1. The zero-order valence-electron chi connectivity index (χ0n) is 10.1. The van der Waals surface area contributed by atoms with Crippen LogP contribution in [0.5, 0.6) is 5.88 Å². The van der Waals surface area contributed by atoms with Crippen LogP contribution in [0.3, 0.4) is 0 Å². The number of nitrogens with zero attached hydrogens (tertiary/aromatic N) is 1. The van der Waals surface area contributed by atoms with Gasteiger partial charge < -0.3 is 10.5 Å². The van der Waals surface area contributed by atoms with Crippen LogP contribution in [-0.4, -0.2) is 16.6 Å². The van der Waals surface area contributed by atoms with Gasteiger partial charge in [-0.15, -0.1) is 0 Å². The lowest BCUT2D eigenvalue weighted by Gasteiger charge is -2.24. The Kier molecular flexibility index (Phi) is 3.94. The Hall–Kier alpha value is -1.16. The van der Waals surface area contributed by atoms with Crippen molar-refractivity contribution >= 4 is 17.2 Å². The van der Waals surface area contributed by atoms with Gasteiger partial charge in [-0.1, -0.05) is 31.5 Å². The van der Waals surface area contributed by atoms with Gasteiger partial charge in [0, 0.05) is 17.3 Å². The van der Waals surface area contributed by atoms with Gasteiger partial charge in [-0.3, -0.25) is 0 Å². The number of aromatic nitrogens is 1. The van der Waals surface area contributed by atoms with Crippen molar-refractivity contribution in [3.05, 3.63) is 23.4 Å². The van der Waals surface area contributed by atoms with E-state index < -0.39 is 0 Å². The van der Waals surface area contributed by atoms with Crippen LogP contribution in [0.15, 0.2) is 12.1 Å². The summed E-state index contributed by atoms with van der Waals surface area (Å²) in [4.78, 5) is 4.71. The third kappa shape index (κ3) is 3.40. The van der Waals surface area contributed by atoms with Gasteiger partial charge in [0.1, 0.15) is 4.99 Å². The van der Waals surface area contributed by atoms with Crippen molar-refractivity contribution in [3.8, 4) is 5.88 Å². The van der Waals surface area contributed by atoms with E-state index in [1.165, 1.54) is 19.3 Å². The van der Waals surface area contributed by atoms with Crippen LogP contribution in [0, 0.1) is 12.8 Å². The lowest BCUT2D eigenvalue weighted by molar-refractivity contribution is 0.217. The van der Waals surface area contributed by atoms with Crippen molar-refractivity contribution in [2.45, 2.75) is 32.6 Å². The van der Waals surface area contributed by atoms with E-state index in [1.54, 1.807) is 0 Å². The first-order chi connectivity index (χ1) is 8.15. The molecule has 1 saturated carbocycles. The van der Waals surface area contributed by atoms with Crippen molar-refractivity contribution in [1.29, 1.82) is 0 Å². The van der Waals surface area contributed by atoms with E-state index in [0.717, 1.165) is 30.2 Å². The van der Waals surface area contributed by atoms with Crippen LogP contribution in [0.25, 0.3) is 0 Å². The topological polar surface area (TPSA) is 48.1 Å². The van der Waals surface area contributed by atoms with Crippen LogP contribution in [0.2, 0.25) is 0 Å². The molecule has 1 aliphatic carbocycles. The molecule has 2 rings (SSSR count). The number of hydrogen-bond acceptors (Lipinski definition) is 3. The maximum atomic E-state index is 5.66. The van der Waals surface area contributed by atoms with Crippen LogP contribution >= 0.6 is 12.2 Å². The first-order valence-corrected chi connectivity index (χ1v) is 6.47. The Labute approximate surface area is 107 Å². The molecular weight excluding hydrogens is 232 g/mol. The summed E-state index contributed by atoms with van der Waals surface area (Å²) in [5, 5.41) is 0. The molecule has 1 aliphatic rings. The standard InChI is InChI=1S/C13H18N2OS/c1-9-7-11(13(14)17)8-12(15-9)16-6-5-10-3-2-4-10/h7-8,10H,2-6H2,1H3,(H2,14,17). The summed E-state index contributed by atoms with van der Waals surface area (Å²) in [6, 6.07) is 3.69. The summed E-state index contributed by atoms with van der Waals surface area (Å²) < 4.78 is 5.66. The molecule has 1 aromatic heterocycles. The van der Waals surface area contributed by atoms with Crippen LogP contribution in [0.1, 0.15) is 36.9 Å². The number of aryl methyl sites for hydroxylation is 1. The fourth-order valence-corrected chi connectivity index (χ4v) is 2.08. The van der Waals surface area contributed by atoms with Gasteiger partial charge in [-0.25, -0.2) is 4.98 Å². The van der Waals surface area contributed by atoms with E-state index >= 15 is 0 Å². The summed E-state index contributed by atoms with van der Waals surface area (Å²) in [5.74, 6) is 1.49. The van der Waals surface area contributed by atoms with Crippen molar-refractivity contribution < 1.29 is 4.74 Å².